The number of hydrogen-bond acceptors (Lipinski definition) is 1. The molecule has 14 heavy (non-hydrogen) atoms. The number of benzene rings is 1. The maximum atomic E-state index is 12.4. The molecular weight excluding hydrogens is 282 g/mol. The lowest BCUT2D eigenvalue weighted by atomic mass is 10.1. The molecule has 0 aromatic heterocycles. The van der Waals surface area contributed by atoms with Gasteiger partial charge in [0.05, 0.1) is 16.3 Å². The smallest absolute Gasteiger partial charge is 0.397 e. The summed E-state index contributed by atoms with van der Waals surface area (Å²) in [6.45, 7) is 0. The number of hydrogen-bond donors (Lipinski definition) is 1. The molecule has 0 aliphatic rings. The predicted octanol–water partition coefficient (Wildman–Crippen LogP) is 3.84. The van der Waals surface area contributed by atoms with Crippen molar-refractivity contribution in [1.29, 1.82) is 0 Å². The van der Waals surface area contributed by atoms with E-state index in [4.69, 9.17) is 17.3 Å². The van der Waals surface area contributed by atoms with E-state index in [1.54, 1.807) is 0 Å². The monoisotopic (exact) mass is 287 g/mol. The summed E-state index contributed by atoms with van der Waals surface area (Å²) in [5.41, 5.74) is 4.62. The molecule has 0 unspecified atom stereocenters. The lowest BCUT2D eigenvalue weighted by molar-refractivity contribution is -0.138. The number of rotatable bonds is 1. The SMILES string of the molecule is Nc1c(Cl)ccc(C(F)(F)F)c1CBr. The van der Waals surface area contributed by atoms with Gasteiger partial charge in [0, 0.05) is 5.33 Å². The van der Waals surface area contributed by atoms with Crippen molar-refractivity contribution in [3.63, 3.8) is 0 Å². The van der Waals surface area contributed by atoms with Crippen molar-refractivity contribution in [2.24, 2.45) is 0 Å². The number of anilines is 1. The Kier molecular flexibility index (Phi) is 3.32. The first-order chi connectivity index (χ1) is 6.38. The van der Waals surface area contributed by atoms with Crippen LogP contribution in [0.4, 0.5) is 18.9 Å². The van der Waals surface area contributed by atoms with E-state index in [1.165, 1.54) is 0 Å². The summed E-state index contributed by atoms with van der Waals surface area (Å²) in [4.78, 5) is 0. The molecule has 1 aromatic rings. The Bertz CT molecular complexity index is 351. The Labute approximate surface area is 92.2 Å². The van der Waals surface area contributed by atoms with Crippen LogP contribution < -0.4 is 5.73 Å². The van der Waals surface area contributed by atoms with Crippen LogP contribution in [0.3, 0.4) is 0 Å². The zero-order valence-corrected chi connectivity index (χ0v) is 9.17. The first kappa shape index (κ1) is 11.7. The van der Waals surface area contributed by atoms with Gasteiger partial charge in [-0.1, -0.05) is 27.5 Å². The summed E-state index contributed by atoms with van der Waals surface area (Å²) < 4.78 is 37.3. The van der Waals surface area contributed by atoms with Crippen molar-refractivity contribution in [2.75, 3.05) is 5.73 Å². The summed E-state index contributed by atoms with van der Waals surface area (Å²) in [5, 5.41) is 0.154. The fraction of sp³-hybridized carbons (Fsp3) is 0.250. The lowest BCUT2D eigenvalue weighted by Crippen LogP contribution is -2.10. The van der Waals surface area contributed by atoms with Crippen LogP contribution in [0.5, 0.6) is 0 Å². The largest absolute Gasteiger partial charge is 0.416 e. The van der Waals surface area contributed by atoms with Gasteiger partial charge < -0.3 is 5.73 Å². The van der Waals surface area contributed by atoms with E-state index in [1.807, 2.05) is 0 Å². The predicted molar refractivity (Wildman–Crippen MR) is 53.5 cm³/mol. The van der Waals surface area contributed by atoms with Gasteiger partial charge in [0.2, 0.25) is 0 Å². The molecule has 78 valence electrons. The second-order valence-electron chi connectivity index (χ2n) is 2.62. The molecule has 1 nitrogen and oxygen atoms in total. The van der Waals surface area contributed by atoms with E-state index in [9.17, 15) is 13.2 Å². The zero-order chi connectivity index (χ0) is 10.9. The van der Waals surface area contributed by atoms with E-state index in [-0.39, 0.29) is 21.6 Å². The maximum Gasteiger partial charge on any atom is 0.416 e. The van der Waals surface area contributed by atoms with Gasteiger partial charge in [-0.25, -0.2) is 0 Å². The third-order valence-corrected chi connectivity index (χ3v) is 2.63. The summed E-state index contributed by atoms with van der Waals surface area (Å²) in [6.07, 6.45) is -4.40. The molecule has 0 saturated carbocycles. The van der Waals surface area contributed by atoms with E-state index >= 15 is 0 Å². The number of alkyl halides is 4. The molecule has 2 N–H and O–H groups in total. The molecule has 0 atom stereocenters. The van der Waals surface area contributed by atoms with Crippen LogP contribution in [0.1, 0.15) is 11.1 Å². The standard InChI is InChI=1S/C8H6BrClF3N/c9-3-4-5(8(11,12)13)1-2-6(10)7(4)14/h1-2H,3,14H2. The van der Waals surface area contributed by atoms with Gasteiger partial charge in [-0.2, -0.15) is 13.2 Å². The average molecular weight is 288 g/mol. The number of nitrogen functional groups attached to an aromatic ring is 1. The fourth-order valence-electron chi connectivity index (χ4n) is 1.05. The number of halogens is 5. The van der Waals surface area contributed by atoms with Crippen molar-refractivity contribution in [3.8, 4) is 0 Å². The second kappa shape index (κ2) is 3.98. The summed E-state index contributed by atoms with van der Waals surface area (Å²) in [5.74, 6) is 0. The molecule has 0 aliphatic heterocycles. The van der Waals surface area contributed by atoms with Crippen molar-refractivity contribution >= 4 is 33.2 Å². The Hall–Kier alpha value is -0.420. The minimum Gasteiger partial charge on any atom is -0.397 e. The van der Waals surface area contributed by atoms with Gasteiger partial charge in [-0.3, -0.25) is 0 Å². The molecule has 0 saturated heterocycles. The van der Waals surface area contributed by atoms with Crippen molar-refractivity contribution in [3.05, 3.63) is 28.3 Å². The van der Waals surface area contributed by atoms with Crippen LogP contribution in [0.15, 0.2) is 12.1 Å². The molecule has 0 aliphatic carbocycles. The lowest BCUT2D eigenvalue weighted by Gasteiger charge is -2.13. The van der Waals surface area contributed by atoms with Crippen molar-refractivity contribution in [1.82, 2.24) is 0 Å². The Balaban J connectivity index is 3.39. The van der Waals surface area contributed by atoms with Crippen LogP contribution in [-0.4, -0.2) is 0 Å². The van der Waals surface area contributed by atoms with Gasteiger partial charge in [-0.05, 0) is 17.7 Å². The molecule has 1 aromatic carbocycles. The molecule has 1 rings (SSSR count). The Morgan fingerprint density at radius 2 is 1.93 bits per heavy atom. The first-order valence-corrected chi connectivity index (χ1v) is 5.08. The highest BCUT2D eigenvalue weighted by molar-refractivity contribution is 9.08. The van der Waals surface area contributed by atoms with Crippen LogP contribution in [0, 0.1) is 0 Å². The molecule has 0 heterocycles. The molecule has 6 heteroatoms. The van der Waals surface area contributed by atoms with E-state index in [0.717, 1.165) is 12.1 Å². The van der Waals surface area contributed by atoms with E-state index in [2.05, 4.69) is 15.9 Å². The zero-order valence-electron chi connectivity index (χ0n) is 6.83. The Morgan fingerprint density at radius 1 is 1.36 bits per heavy atom. The molecule has 0 radical (unpaired) electrons. The average Bonchev–Trinajstić information content (AvgIpc) is 2.07. The van der Waals surface area contributed by atoms with Crippen LogP contribution in [-0.2, 0) is 11.5 Å². The summed E-state index contributed by atoms with van der Waals surface area (Å²) in [7, 11) is 0. The van der Waals surface area contributed by atoms with Gasteiger partial charge in [-0.15, -0.1) is 0 Å². The van der Waals surface area contributed by atoms with E-state index < -0.39 is 11.7 Å². The third-order valence-electron chi connectivity index (χ3n) is 1.74. The third kappa shape index (κ3) is 2.15. The van der Waals surface area contributed by atoms with Crippen LogP contribution in [0.25, 0.3) is 0 Å². The highest BCUT2D eigenvalue weighted by Crippen LogP contribution is 2.37. The normalized spacial score (nSPS) is 11.8. The molecule has 0 fully saturated rings. The minimum absolute atomic E-state index is 0.0221. The van der Waals surface area contributed by atoms with Gasteiger partial charge >= 0.3 is 6.18 Å². The highest BCUT2D eigenvalue weighted by atomic mass is 79.9. The van der Waals surface area contributed by atoms with Gasteiger partial charge in [0.25, 0.3) is 0 Å². The molecule has 0 spiro atoms. The fourth-order valence-corrected chi connectivity index (χ4v) is 1.83. The first-order valence-electron chi connectivity index (χ1n) is 3.58. The van der Waals surface area contributed by atoms with Crippen molar-refractivity contribution in [2.45, 2.75) is 11.5 Å². The highest BCUT2D eigenvalue weighted by Gasteiger charge is 2.34. The van der Waals surface area contributed by atoms with E-state index in [0.29, 0.717) is 0 Å². The minimum atomic E-state index is -4.40. The summed E-state index contributed by atoms with van der Waals surface area (Å²) in [6, 6.07) is 2.07. The molecule has 0 amide bonds. The second-order valence-corrected chi connectivity index (χ2v) is 3.59. The quantitative estimate of drug-likeness (QED) is 0.617. The number of nitrogens with two attached hydrogens (primary N) is 1. The summed E-state index contributed by atoms with van der Waals surface area (Å²) >= 11 is 8.55. The Morgan fingerprint density at radius 3 is 2.36 bits per heavy atom. The molecule has 0 bridgehead atoms. The van der Waals surface area contributed by atoms with Crippen LogP contribution >= 0.6 is 27.5 Å². The van der Waals surface area contributed by atoms with Gasteiger partial charge in [0.15, 0.2) is 0 Å². The van der Waals surface area contributed by atoms with Gasteiger partial charge in [0.1, 0.15) is 0 Å². The molecular formula is C8H6BrClF3N. The van der Waals surface area contributed by atoms with Crippen LogP contribution in [0.2, 0.25) is 5.02 Å². The topological polar surface area (TPSA) is 26.0 Å². The maximum absolute atomic E-state index is 12.4. The van der Waals surface area contributed by atoms with Crippen molar-refractivity contribution < 1.29 is 13.2 Å².